The third-order valence-corrected chi connectivity index (χ3v) is 2.90. The van der Waals surface area contributed by atoms with Crippen molar-refractivity contribution in [2.24, 2.45) is 0 Å². The topological polar surface area (TPSA) is 0 Å². The van der Waals surface area contributed by atoms with Crippen molar-refractivity contribution in [3.8, 4) is 0 Å². The van der Waals surface area contributed by atoms with Crippen molar-refractivity contribution in [3.63, 3.8) is 0 Å². The van der Waals surface area contributed by atoms with Gasteiger partial charge in [0.05, 0.1) is 0 Å². The molecule has 84 valence electrons. The van der Waals surface area contributed by atoms with Crippen molar-refractivity contribution in [2.75, 3.05) is 0 Å². The van der Waals surface area contributed by atoms with Crippen LogP contribution in [0, 0.1) is 13.8 Å². The van der Waals surface area contributed by atoms with Crippen LogP contribution in [0.1, 0.15) is 38.3 Å². The fourth-order valence-corrected chi connectivity index (χ4v) is 1.98. The maximum absolute atomic E-state index is 2.22. The highest BCUT2D eigenvalue weighted by atomic mass is 32.2. The lowest BCUT2D eigenvalue weighted by molar-refractivity contribution is 1.23. The zero-order valence-electron chi connectivity index (χ0n) is 10.5. The second kappa shape index (κ2) is 8.60. The van der Waals surface area contributed by atoms with Gasteiger partial charge in [-0.2, -0.15) is 0 Å². The fourth-order valence-electron chi connectivity index (χ4n) is 1.15. The fraction of sp³-hybridized carbons (Fsp3) is 0.429. The van der Waals surface area contributed by atoms with Gasteiger partial charge in [0.25, 0.3) is 0 Å². The van der Waals surface area contributed by atoms with E-state index in [9.17, 15) is 0 Å². The molecule has 1 heteroatoms. The summed E-state index contributed by atoms with van der Waals surface area (Å²) in [6.45, 7) is 10.4. The quantitative estimate of drug-likeness (QED) is 0.622. The van der Waals surface area contributed by atoms with E-state index in [1.807, 2.05) is 13.8 Å². The Bertz CT molecular complexity index is 300. The van der Waals surface area contributed by atoms with Crippen LogP contribution >= 0.6 is 11.8 Å². The first-order chi connectivity index (χ1) is 7.24. The Morgan fingerprint density at radius 2 is 1.87 bits per heavy atom. The van der Waals surface area contributed by atoms with Crippen molar-refractivity contribution >= 4 is 11.8 Å². The van der Waals surface area contributed by atoms with E-state index in [2.05, 4.69) is 50.5 Å². The van der Waals surface area contributed by atoms with Crippen LogP contribution in [-0.4, -0.2) is 0 Å². The Hall–Kier alpha value is -0.690. The molecule has 1 aromatic carbocycles. The lowest BCUT2D eigenvalue weighted by atomic mass is 10.2. The molecule has 0 N–H and O–H groups in total. The molecule has 15 heavy (non-hydrogen) atoms. The molecule has 0 saturated heterocycles. The highest BCUT2D eigenvalue weighted by Gasteiger charge is 1.95. The largest absolute Gasteiger partial charge is 0.0981 e. The van der Waals surface area contributed by atoms with Crippen LogP contribution in [0.4, 0.5) is 0 Å². The summed E-state index contributed by atoms with van der Waals surface area (Å²) in [4.78, 5) is 1.36. The van der Waals surface area contributed by atoms with Crippen molar-refractivity contribution < 1.29 is 0 Å². The normalized spacial score (nSPS) is 9.93. The molecule has 0 amide bonds. The van der Waals surface area contributed by atoms with Crippen LogP contribution in [0.15, 0.2) is 34.6 Å². The van der Waals surface area contributed by atoms with Crippen LogP contribution in [0.25, 0.3) is 0 Å². The highest BCUT2D eigenvalue weighted by molar-refractivity contribution is 8.02. The van der Waals surface area contributed by atoms with E-state index < -0.39 is 0 Å². The Balaban J connectivity index is 0.000000921. The molecule has 0 atom stereocenters. The summed E-state index contributed by atoms with van der Waals surface area (Å²) in [6, 6.07) is 6.58. The maximum Gasteiger partial charge on any atom is 0.0145 e. The molecular formula is C14H22S. The van der Waals surface area contributed by atoms with Gasteiger partial charge in [0.2, 0.25) is 0 Å². The minimum atomic E-state index is 1.11. The summed E-state index contributed by atoms with van der Waals surface area (Å²) >= 11 is 1.80. The Labute approximate surface area is 98.8 Å². The number of aryl methyl sites for hydroxylation is 2. The lowest BCUT2D eigenvalue weighted by Crippen LogP contribution is -1.79. The van der Waals surface area contributed by atoms with Gasteiger partial charge in [-0.05, 0) is 37.3 Å². The minimum Gasteiger partial charge on any atom is -0.0981 e. The minimum absolute atomic E-state index is 1.11. The predicted octanol–water partition coefficient (Wildman–Crippen LogP) is 5.35. The number of hydrogen-bond acceptors (Lipinski definition) is 1. The highest BCUT2D eigenvalue weighted by Crippen LogP contribution is 2.23. The van der Waals surface area contributed by atoms with E-state index in [-0.39, 0.29) is 0 Å². The van der Waals surface area contributed by atoms with Crippen LogP contribution in [0.2, 0.25) is 0 Å². The molecule has 0 aromatic heterocycles. The maximum atomic E-state index is 2.22. The number of thioether (sulfide) groups is 1. The number of hydrogen-bond donors (Lipinski definition) is 0. The molecule has 0 bridgehead atoms. The molecule has 0 saturated carbocycles. The summed E-state index contributed by atoms with van der Waals surface area (Å²) in [5, 5.41) is 2.16. The number of allylic oxidation sites excluding steroid dienone is 1. The Kier molecular flexibility index (Phi) is 8.21. The zero-order valence-corrected chi connectivity index (χ0v) is 11.3. The van der Waals surface area contributed by atoms with Crippen molar-refractivity contribution in [1.29, 1.82) is 0 Å². The SMILES string of the molecule is CC.CC/C=C\Sc1ccc(C)cc1C. The lowest BCUT2D eigenvalue weighted by Gasteiger charge is -2.02. The molecule has 0 fully saturated rings. The van der Waals surface area contributed by atoms with Gasteiger partial charge in [-0.1, -0.05) is 56.3 Å². The third kappa shape index (κ3) is 5.68. The van der Waals surface area contributed by atoms with E-state index in [1.165, 1.54) is 16.0 Å². The summed E-state index contributed by atoms with van der Waals surface area (Å²) in [5.74, 6) is 0. The van der Waals surface area contributed by atoms with Crippen LogP contribution < -0.4 is 0 Å². The molecule has 0 aliphatic carbocycles. The Morgan fingerprint density at radius 3 is 2.40 bits per heavy atom. The molecule has 0 nitrogen and oxygen atoms in total. The summed E-state index contributed by atoms with van der Waals surface area (Å²) in [5.41, 5.74) is 2.70. The molecule has 0 heterocycles. The molecule has 1 aromatic rings. The van der Waals surface area contributed by atoms with Gasteiger partial charge in [0.1, 0.15) is 0 Å². The van der Waals surface area contributed by atoms with Gasteiger partial charge in [-0.3, -0.25) is 0 Å². The molecule has 0 aliphatic heterocycles. The van der Waals surface area contributed by atoms with Gasteiger partial charge in [-0.15, -0.1) is 0 Å². The van der Waals surface area contributed by atoms with Crippen molar-refractivity contribution in [3.05, 3.63) is 40.8 Å². The van der Waals surface area contributed by atoms with E-state index in [0.717, 1.165) is 6.42 Å². The predicted molar refractivity (Wildman–Crippen MR) is 72.6 cm³/mol. The average molecular weight is 222 g/mol. The van der Waals surface area contributed by atoms with Crippen molar-refractivity contribution in [1.82, 2.24) is 0 Å². The second-order valence-electron chi connectivity index (χ2n) is 3.17. The van der Waals surface area contributed by atoms with E-state index >= 15 is 0 Å². The van der Waals surface area contributed by atoms with Gasteiger partial charge in [0, 0.05) is 4.90 Å². The monoisotopic (exact) mass is 222 g/mol. The van der Waals surface area contributed by atoms with Crippen molar-refractivity contribution in [2.45, 2.75) is 45.9 Å². The summed E-state index contributed by atoms with van der Waals surface area (Å²) < 4.78 is 0. The van der Waals surface area contributed by atoms with Crippen LogP contribution in [0.3, 0.4) is 0 Å². The third-order valence-electron chi connectivity index (χ3n) is 1.86. The Morgan fingerprint density at radius 1 is 1.20 bits per heavy atom. The van der Waals surface area contributed by atoms with Gasteiger partial charge in [0.15, 0.2) is 0 Å². The molecule has 1 rings (SSSR count). The van der Waals surface area contributed by atoms with E-state index in [4.69, 9.17) is 0 Å². The first-order valence-corrected chi connectivity index (χ1v) is 6.51. The van der Waals surface area contributed by atoms with E-state index in [0.29, 0.717) is 0 Å². The molecule has 0 aliphatic rings. The number of rotatable bonds is 3. The smallest absolute Gasteiger partial charge is 0.0145 e. The first kappa shape index (κ1) is 14.3. The molecule has 0 radical (unpaired) electrons. The van der Waals surface area contributed by atoms with Gasteiger partial charge >= 0.3 is 0 Å². The first-order valence-electron chi connectivity index (χ1n) is 5.63. The van der Waals surface area contributed by atoms with Crippen LogP contribution in [0.5, 0.6) is 0 Å². The zero-order chi connectivity index (χ0) is 11.7. The molecular weight excluding hydrogens is 200 g/mol. The summed E-state index contributed by atoms with van der Waals surface area (Å²) in [7, 11) is 0. The number of benzene rings is 1. The van der Waals surface area contributed by atoms with Gasteiger partial charge in [-0.25, -0.2) is 0 Å². The average Bonchev–Trinajstić information content (AvgIpc) is 2.24. The second-order valence-corrected chi connectivity index (χ2v) is 4.11. The van der Waals surface area contributed by atoms with Crippen LogP contribution in [-0.2, 0) is 0 Å². The molecule has 0 unspecified atom stereocenters. The summed E-state index contributed by atoms with van der Waals surface area (Å²) in [6.07, 6.45) is 3.29. The standard InChI is InChI=1S/C12H16S.C2H6/c1-4-5-8-13-12-7-6-10(2)9-11(12)3;1-2/h5-9H,4H2,1-3H3;1-2H3/b8-5-;. The van der Waals surface area contributed by atoms with Gasteiger partial charge < -0.3 is 0 Å². The molecule has 0 spiro atoms. The van der Waals surface area contributed by atoms with E-state index in [1.54, 1.807) is 11.8 Å².